The van der Waals surface area contributed by atoms with Crippen molar-refractivity contribution in [3.63, 3.8) is 0 Å². The highest BCUT2D eigenvalue weighted by molar-refractivity contribution is 6.25. The summed E-state index contributed by atoms with van der Waals surface area (Å²) in [5.74, 6) is -2.10. The minimum atomic E-state index is -1.06. The van der Waals surface area contributed by atoms with E-state index in [1.165, 1.54) is 12.4 Å². The summed E-state index contributed by atoms with van der Waals surface area (Å²) < 4.78 is 7.64. The van der Waals surface area contributed by atoms with E-state index in [1.807, 2.05) is 30.3 Å². The molecular formula is C32H26N8O6. The number of furan rings is 1. The molecule has 2 unspecified atom stereocenters. The Balaban J connectivity index is 1.03. The first-order valence-electron chi connectivity index (χ1n) is 14.5. The Hall–Kier alpha value is -6.18. The summed E-state index contributed by atoms with van der Waals surface area (Å²) in [5, 5.41) is 17.4. The molecule has 7 rings (SSSR count). The first-order valence-corrected chi connectivity index (χ1v) is 14.5. The Bertz CT molecular complexity index is 1990. The lowest BCUT2D eigenvalue weighted by molar-refractivity contribution is -0.136. The van der Waals surface area contributed by atoms with Gasteiger partial charge in [-0.2, -0.15) is 10.2 Å². The summed E-state index contributed by atoms with van der Waals surface area (Å²) in [4.78, 5) is 68.9. The van der Waals surface area contributed by atoms with E-state index in [2.05, 4.69) is 31.1 Å². The number of rotatable bonds is 9. The lowest BCUT2D eigenvalue weighted by Gasteiger charge is -2.27. The number of nitrogens with zero attached hydrogens (tertiary/aromatic N) is 5. The number of piperidine rings is 1. The van der Waals surface area contributed by atoms with Crippen LogP contribution in [0, 0.1) is 0 Å². The van der Waals surface area contributed by atoms with Gasteiger partial charge in [-0.3, -0.25) is 34.2 Å². The van der Waals surface area contributed by atoms with Crippen LogP contribution in [0.1, 0.15) is 56.7 Å². The van der Waals surface area contributed by atoms with Gasteiger partial charge in [-0.25, -0.2) is 4.98 Å². The molecule has 2 aromatic carbocycles. The van der Waals surface area contributed by atoms with Crippen LogP contribution < -0.4 is 16.0 Å². The summed E-state index contributed by atoms with van der Waals surface area (Å²) in [6.07, 6.45) is 4.87. The third kappa shape index (κ3) is 5.36. The normalized spacial score (nSPS) is 16.8. The van der Waals surface area contributed by atoms with Gasteiger partial charge in [0.05, 0.1) is 35.4 Å². The predicted octanol–water partition coefficient (Wildman–Crippen LogP) is 2.34. The molecule has 2 aliphatic rings. The summed E-state index contributed by atoms with van der Waals surface area (Å²) in [6, 6.07) is 16.0. The number of anilines is 1. The molecule has 14 nitrogen and oxygen atoms in total. The highest BCUT2D eigenvalue weighted by atomic mass is 16.3. The Labute approximate surface area is 260 Å². The molecule has 14 heteroatoms. The van der Waals surface area contributed by atoms with Crippen LogP contribution in [-0.2, 0) is 27.5 Å². The van der Waals surface area contributed by atoms with Crippen molar-refractivity contribution in [3.05, 3.63) is 108 Å². The summed E-state index contributed by atoms with van der Waals surface area (Å²) in [7, 11) is 0. The van der Waals surface area contributed by atoms with Crippen LogP contribution in [0.5, 0.6) is 0 Å². The minimum Gasteiger partial charge on any atom is -0.458 e. The van der Waals surface area contributed by atoms with E-state index >= 15 is 0 Å². The molecule has 0 aliphatic carbocycles. The van der Waals surface area contributed by atoms with Crippen LogP contribution in [0.25, 0.3) is 11.0 Å². The number of benzene rings is 2. The second kappa shape index (κ2) is 11.7. The molecule has 5 aromatic rings. The van der Waals surface area contributed by atoms with Gasteiger partial charge >= 0.3 is 0 Å². The SMILES string of the molecule is O=C1CCC(N2C(=O)c3cccc(NCc4cn(CC(=O)NC(c5cccnn5)c5cc6ccccc6o5)cn4)c3C2=O)C(=O)N1. The third-order valence-electron chi connectivity index (χ3n) is 7.86. The second-order valence-electron chi connectivity index (χ2n) is 10.9. The summed E-state index contributed by atoms with van der Waals surface area (Å²) in [6.45, 7) is 0.144. The van der Waals surface area contributed by atoms with E-state index in [-0.39, 0.29) is 43.0 Å². The van der Waals surface area contributed by atoms with Gasteiger partial charge in [-0.15, -0.1) is 0 Å². The molecule has 230 valence electrons. The number of aromatic nitrogens is 4. The number of hydrogen-bond donors (Lipinski definition) is 3. The number of carbonyl (C=O) groups is 5. The zero-order valence-electron chi connectivity index (χ0n) is 24.2. The van der Waals surface area contributed by atoms with Gasteiger partial charge in [0.1, 0.15) is 30.0 Å². The average molecular weight is 619 g/mol. The van der Waals surface area contributed by atoms with Crippen molar-refractivity contribution in [2.24, 2.45) is 0 Å². The first kappa shape index (κ1) is 28.6. The Morgan fingerprint density at radius 3 is 2.72 bits per heavy atom. The lowest BCUT2D eigenvalue weighted by atomic mass is 10.0. The lowest BCUT2D eigenvalue weighted by Crippen LogP contribution is -2.54. The van der Waals surface area contributed by atoms with Crippen molar-refractivity contribution in [2.45, 2.75) is 38.0 Å². The second-order valence-corrected chi connectivity index (χ2v) is 10.9. The van der Waals surface area contributed by atoms with E-state index in [9.17, 15) is 24.0 Å². The molecule has 2 atom stereocenters. The zero-order valence-corrected chi connectivity index (χ0v) is 24.2. The molecule has 3 aromatic heterocycles. The van der Waals surface area contributed by atoms with E-state index < -0.39 is 35.7 Å². The van der Waals surface area contributed by atoms with Crippen LogP contribution in [-0.4, -0.2) is 60.2 Å². The maximum absolute atomic E-state index is 13.4. The van der Waals surface area contributed by atoms with E-state index in [1.54, 1.807) is 41.2 Å². The third-order valence-corrected chi connectivity index (χ3v) is 7.86. The number of amides is 5. The Kier molecular flexibility index (Phi) is 7.28. The molecule has 5 amide bonds. The fourth-order valence-electron chi connectivity index (χ4n) is 5.71. The molecule has 5 heterocycles. The largest absolute Gasteiger partial charge is 0.458 e. The van der Waals surface area contributed by atoms with Gasteiger partial charge < -0.3 is 19.6 Å². The minimum absolute atomic E-state index is 0.0382. The topological polar surface area (TPSA) is 181 Å². The monoisotopic (exact) mass is 618 g/mol. The van der Waals surface area contributed by atoms with Crippen molar-refractivity contribution >= 4 is 46.2 Å². The van der Waals surface area contributed by atoms with Crippen molar-refractivity contribution < 1.29 is 28.4 Å². The molecule has 0 radical (unpaired) electrons. The highest BCUT2D eigenvalue weighted by Gasteiger charge is 2.45. The highest BCUT2D eigenvalue weighted by Crippen LogP contribution is 2.33. The number of fused-ring (bicyclic) bond motifs is 2. The number of nitrogens with one attached hydrogen (secondary N) is 3. The van der Waals surface area contributed by atoms with Crippen molar-refractivity contribution in [1.82, 2.24) is 35.3 Å². The van der Waals surface area contributed by atoms with Gasteiger partial charge in [0, 0.05) is 29.9 Å². The quantitative estimate of drug-likeness (QED) is 0.207. The summed E-state index contributed by atoms with van der Waals surface area (Å²) in [5.41, 5.74) is 2.50. The molecule has 0 spiro atoms. The van der Waals surface area contributed by atoms with Crippen molar-refractivity contribution in [2.75, 3.05) is 5.32 Å². The molecule has 0 saturated carbocycles. The van der Waals surface area contributed by atoms with E-state index in [4.69, 9.17) is 4.42 Å². The smallest absolute Gasteiger partial charge is 0.264 e. The number of carbonyl (C=O) groups excluding carboxylic acids is 5. The molecular weight excluding hydrogens is 592 g/mol. The molecule has 0 bridgehead atoms. The van der Waals surface area contributed by atoms with Crippen molar-refractivity contribution in [1.29, 1.82) is 0 Å². The maximum Gasteiger partial charge on any atom is 0.264 e. The van der Waals surface area contributed by atoms with Crippen LogP contribution in [0.4, 0.5) is 5.69 Å². The maximum atomic E-state index is 13.4. The summed E-state index contributed by atoms with van der Waals surface area (Å²) >= 11 is 0. The predicted molar refractivity (Wildman–Crippen MR) is 161 cm³/mol. The standard InChI is InChI=1S/C32H26N8O6/c41-26-11-10-23(30(43)37-26)40-31(44)20-6-3-7-21(28(20)32(40)45)33-14-19-15-39(17-34-19)16-27(42)36-29(22-8-4-12-35-38-22)25-13-18-5-1-2-9-24(18)46-25/h1-9,12-13,15,17,23,29,33H,10-11,14,16H2,(H,36,42)(H,37,41,43). The first-order chi connectivity index (χ1) is 22.4. The van der Waals surface area contributed by atoms with Crippen LogP contribution in [0.3, 0.4) is 0 Å². The zero-order chi connectivity index (χ0) is 31.8. The van der Waals surface area contributed by atoms with Gasteiger partial charge in [0.15, 0.2) is 0 Å². The molecule has 1 saturated heterocycles. The number of imide groups is 2. The molecule has 1 fully saturated rings. The fourth-order valence-corrected chi connectivity index (χ4v) is 5.71. The van der Waals surface area contributed by atoms with Gasteiger partial charge in [0.2, 0.25) is 17.7 Å². The average Bonchev–Trinajstić information content (AvgIpc) is 3.76. The van der Waals surface area contributed by atoms with Crippen LogP contribution >= 0.6 is 0 Å². The van der Waals surface area contributed by atoms with Gasteiger partial charge in [0.25, 0.3) is 11.8 Å². The number of para-hydroxylation sites is 1. The molecule has 46 heavy (non-hydrogen) atoms. The van der Waals surface area contributed by atoms with Gasteiger partial charge in [-0.1, -0.05) is 24.3 Å². The van der Waals surface area contributed by atoms with E-state index in [0.717, 1.165) is 10.3 Å². The van der Waals surface area contributed by atoms with Crippen LogP contribution in [0.15, 0.2) is 83.8 Å². The van der Waals surface area contributed by atoms with Crippen molar-refractivity contribution in [3.8, 4) is 0 Å². The Morgan fingerprint density at radius 2 is 1.91 bits per heavy atom. The molecule has 2 aliphatic heterocycles. The fraction of sp³-hybridized carbons (Fsp3) is 0.188. The number of imidazole rings is 1. The molecule has 3 N–H and O–H groups in total. The Morgan fingerprint density at radius 1 is 1.04 bits per heavy atom. The van der Waals surface area contributed by atoms with E-state index in [0.29, 0.717) is 28.4 Å². The van der Waals surface area contributed by atoms with Gasteiger partial charge in [-0.05, 0) is 42.8 Å². The van der Waals surface area contributed by atoms with Crippen LogP contribution in [0.2, 0.25) is 0 Å². The number of hydrogen-bond acceptors (Lipinski definition) is 10.